The molecule has 2 aromatic rings. The van der Waals surface area contributed by atoms with E-state index >= 15 is 0 Å². The van der Waals surface area contributed by atoms with Crippen molar-refractivity contribution in [2.45, 2.75) is 58.0 Å². The fourth-order valence-electron chi connectivity index (χ4n) is 4.96. The van der Waals surface area contributed by atoms with Crippen molar-refractivity contribution >= 4 is 11.8 Å². The summed E-state index contributed by atoms with van der Waals surface area (Å²) in [6, 6.07) is 10.0. The van der Waals surface area contributed by atoms with Gasteiger partial charge in [0.15, 0.2) is 0 Å². The molecule has 2 atom stereocenters. The van der Waals surface area contributed by atoms with Crippen molar-refractivity contribution in [3.05, 3.63) is 41.6 Å². The zero-order valence-electron chi connectivity index (χ0n) is 16.9. The molecule has 1 N–H and O–H groups in total. The highest BCUT2D eigenvalue weighted by Crippen LogP contribution is 2.39. The van der Waals surface area contributed by atoms with E-state index < -0.39 is 0 Å². The lowest BCUT2D eigenvalue weighted by Crippen LogP contribution is -2.68. The molecular formula is C22H28N4O2. The van der Waals surface area contributed by atoms with Crippen LogP contribution in [0.25, 0.3) is 11.3 Å². The molecule has 0 radical (unpaired) electrons. The van der Waals surface area contributed by atoms with Crippen molar-refractivity contribution in [1.29, 1.82) is 0 Å². The number of aryl methyl sites for hydroxylation is 1. The number of aromatic amines is 1. The van der Waals surface area contributed by atoms with Gasteiger partial charge in [0.2, 0.25) is 5.91 Å². The van der Waals surface area contributed by atoms with Gasteiger partial charge in [0.25, 0.3) is 5.91 Å². The third-order valence-corrected chi connectivity index (χ3v) is 6.45. The van der Waals surface area contributed by atoms with Gasteiger partial charge in [-0.05, 0) is 45.6 Å². The summed E-state index contributed by atoms with van der Waals surface area (Å²) < 4.78 is 0. The maximum Gasteiger partial charge on any atom is 0.272 e. The summed E-state index contributed by atoms with van der Waals surface area (Å²) in [5, 5.41) is 7.30. The lowest BCUT2D eigenvalue weighted by Gasteiger charge is -2.56. The smallest absolute Gasteiger partial charge is 0.272 e. The highest BCUT2D eigenvalue weighted by molar-refractivity contribution is 5.94. The average molecular weight is 380 g/mol. The Morgan fingerprint density at radius 1 is 1.18 bits per heavy atom. The summed E-state index contributed by atoms with van der Waals surface area (Å²) in [6.45, 7) is 7.33. The Kier molecular flexibility index (Phi) is 4.73. The molecule has 6 nitrogen and oxygen atoms in total. The van der Waals surface area contributed by atoms with Gasteiger partial charge in [-0.15, -0.1) is 0 Å². The summed E-state index contributed by atoms with van der Waals surface area (Å²) in [7, 11) is 0. The number of rotatable bonds is 2. The molecule has 2 amide bonds. The van der Waals surface area contributed by atoms with Crippen molar-refractivity contribution in [3.63, 3.8) is 0 Å². The van der Waals surface area contributed by atoms with Crippen LogP contribution in [0, 0.1) is 6.92 Å². The van der Waals surface area contributed by atoms with Gasteiger partial charge in [-0.1, -0.05) is 29.8 Å². The van der Waals surface area contributed by atoms with Crippen molar-refractivity contribution in [2.75, 3.05) is 13.1 Å². The summed E-state index contributed by atoms with van der Waals surface area (Å²) in [4.78, 5) is 29.5. The van der Waals surface area contributed by atoms with Gasteiger partial charge in [0.1, 0.15) is 5.69 Å². The van der Waals surface area contributed by atoms with Crippen molar-refractivity contribution < 1.29 is 9.59 Å². The van der Waals surface area contributed by atoms with E-state index in [2.05, 4.69) is 17.1 Å². The van der Waals surface area contributed by atoms with E-state index in [1.165, 1.54) is 5.56 Å². The third kappa shape index (κ3) is 3.11. The highest BCUT2D eigenvalue weighted by Gasteiger charge is 2.49. The number of hydrogen-bond acceptors (Lipinski definition) is 3. The molecule has 0 unspecified atom stereocenters. The molecule has 0 bridgehead atoms. The number of hydrogen-bond donors (Lipinski definition) is 1. The van der Waals surface area contributed by atoms with Crippen molar-refractivity contribution in [3.8, 4) is 11.3 Å². The van der Waals surface area contributed by atoms with Crippen LogP contribution in [0.2, 0.25) is 0 Å². The zero-order valence-corrected chi connectivity index (χ0v) is 16.9. The number of carbonyl (C=O) groups excluding carboxylic acids is 2. The van der Waals surface area contributed by atoms with Gasteiger partial charge >= 0.3 is 0 Å². The molecule has 2 aliphatic heterocycles. The largest absolute Gasteiger partial charge is 0.335 e. The van der Waals surface area contributed by atoms with E-state index in [1.807, 2.05) is 47.1 Å². The van der Waals surface area contributed by atoms with E-state index in [1.54, 1.807) is 6.92 Å². The number of carbonyl (C=O) groups is 2. The predicted octanol–water partition coefficient (Wildman–Crippen LogP) is 3.39. The van der Waals surface area contributed by atoms with Crippen LogP contribution in [0.15, 0.2) is 30.3 Å². The van der Waals surface area contributed by atoms with Crippen LogP contribution in [-0.2, 0) is 4.79 Å². The number of likely N-dealkylation sites (tertiary alicyclic amines) is 2. The summed E-state index contributed by atoms with van der Waals surface area (Å²) in [5.41, 5.74) is 3.19. The van der Waals surface area contributed by atoms with Crippen LogP contribution in [0.4, 0.5) is 0 Å². The van der Waals surface area contributed by atoms with Gasteiger partial charge < -0.3 is 9.80 Å². The van der Waals surface area contributed by atoms with Crippen LogP contribution in [-0.4, -0.2) is 56.5 Å². The van der Waals surface area contributed by atoms with E-state index in [-0.39, 0.29) is 23.4 Å². The van der Waals surface area contributed by atoms with Crippen LogP contribution in [0.1, 0.15) is 55.6 Å². The molecule has 0 spiro atoms. The highest BCUT2D eigenvalue weighted by atomic mass is 16.2. The quantitative estimate of drug-likeness (QED) is 0.868. The Bertz CT molecular complexity index is 888. The number of amides is 2. The number of nitrogens with one attached hydrogen (secondary N) is 1. The van der Waals surface area contributed by atoms with Crippen LogP contribution >= 0.6 is 0 Å². The van der Waals surface area contributed by atoms with Gasteiger partial charge in [-0.2, -0.15) is 5.10 Å². The molecule has 0 aliphatic carbocycles. The summed E-state index contributed by atoms with van der Waals surface area (Å²) in [5.74, 6) is 0.0804. The first kappa shape index (κ1) is 18.7. The molecule has 0 saturated carbocycles. The van der Waals surface area contributed by atoms with Gasteiger partial charge in [0, 0.05) is 25.6 Å². The molecule has 3 heterocycles. The van der Waals surface area contributed by atoms with E-state index in [0.717, 1.165) is 50.0 Å². The minimum absolute atomic E-state index is 0.0211. The molecular weight excluding hydrogens is 352 g/mol. The number of H-pyrrole nitrogens is 1. The lowest BCUT2D eigenvalue weighted by atomic mass is 9.76. The van der Waals surface area contributed by atoms with Gasteiger partial charge in [-0.3, -0.25) is 14.7 Å². The fraction of sp³-hybridized carbons (Fsp3) is 0.500. The predicted molar refractivity (Wildman–Crippen MR) is 108 cm³/mol. The van der Waals surface area contributed by atoms with Crippen LogP contribution in [0.3, 0.4) is 0 Å². The molecule has 2 fully saturated rings. The maximum atomic E-state index is 13.3. The summed E-state index contributed by atoms with van der Waals surface area (Å²) >= 11 is 0. The number of nitrogens with zero attached hydrogens (tertiary/aromatic N) is 3. The maximum absolute atomic E-state index is 13.3. The minimum Gasteiger partial charge on any atom is -0.335 e. The Hall–Kier alpha value is -2.63. The van der Waals surface area contributed by atoms with E-state index in [0.29, 0.717) is 5.69 Å². The normalized spacial score (nSPS) is 24.8. The standard InChI is InChI=1S/C22H28N4O2/c1-15-7-9-17(10-8-15)18-14-19(24-23-18)21(28)25-12-5-11-22(3)20(25)6-4-13-26(22)16(2)27/h7-10,14,20H,4-6,11-13H2,1-3H3,(H,23,24)/t20-,22-/m0/s1. The molecule has 4 rings (SSSR count). The number of benzene rings is 1. The van der Waals surface area contributed by atoms with E-state index in [9.17, 15) is 9.59 Å². The topological polar surface area (TPSA) is 69.3 Å². The SMILES string of the molecule is CC(=O)N1CCC[C@@H]2N(C(=O)c3cc(-c4ccc(C)cc4)n[nH]3)CCC[C@@]21C. The molecule has 2 aliphatic rings. The second-order valence-electron chi connectivity index (χ2n) is 8.32. The Morgan fingerprint density at radius 3 is 2.64 bits per heavy atom. The Labute approximate surface area is 165 Å². The monoisotopic (exact) mass is 380 g/mol. The van der Waals surface area contributed by atoms with Crippen LogP contribution in [0.5, 0.6) is 0 Å². The first-order valence-electron chi connectivity index (χ1n) is 10.1. The average Bonchev–Trinajstić information content (AvgIpc) is 3.16. The first-order valence-corrected chi connectivity index (χ1v) is 10.1. The molecule has 6 heteroatoms. The molecule has 28 heavy (non-hydrogen) atoms. The molecule has 1 aromatic carbocycles. The Balaban J connectivity index is 1.59. The van der Waals surface area contributed by atoms with Gasteiger partial charge in [-0.25, -0.2) is 0 Å². The number of fused-ring (bicyclic) bond motifs is 1. The van der Waals surface area contributed by atoms with E-state index in [4.69, 9.17) is 0 Å². The minimum atomic E-state index is -0.280. The molecule has 1 aromatic heterocycles. The second kappa shape index (κ2) is 7.08. The molecule has 148 valence electrons. The van der Waals surface area contributed by atoms with Crippen molar-refractivity contribution in [2.24, 2.45) is 0 Å². The third-order valence-electron chi connectivity index (χ3n) is 6.45. The zero-order chi connectivity index (χ0) is 19.9. The van der Waals surface area contributed by atoms with Gasteiger partial charge in [0.05, 0.1) is 17.3 Å². The number of piperidine rings is 2. The first-order chi connectivity index (χ1) is 13.4. The lowest BCUT2D eigenvalue weighted by molar-refractivity contribution is -0.143. The number of aromatic nitrogens is 2. The fourth-order valence-corrected chi connectivity index (χ4v) is 4.96. The molecule has 2 saturated heterocycles. The second-order valence-corrected chi connectivity index (χ2v) is 8.32. The Morgan fingerprint density at radius 2 is 1.93 bits per heavy atom. The van der Waals surface area contributed by atoms with Crippen LogP contribution < -0.4 is 0 Å². The summed E-state index contributed by atoms with van der Waals surface area (Å²) in [6.07, 6.45) is 3.71. The van der Waals surface area contributed by atoms with Crippen molar-refractivity contribution in [1.82, 2.24) is 20.0 Å².